The van der Waals surface area contributed by atoms with Crippen LogP contribution in [-0.2, 0) is 14.4 Å². The average Bonchev–Trinajstić information content (AvgIpc) is 3.04. The molecular weight excluding hydrogens is 400 g/mol. The summed E-state index contributed by atoms with van der Waals surface area (Å²) in [6.07, 6.45) is 14.8. The monoisotopic (exact) mass is 444 g/mol. The SMILES string of the molecule is CC1CCC(N(CCCCN2C(=O)C3CCCCC3C2=O)C(=O)C2CCCC(C)C2)CC1. The van der Waals surface area contributed by atoms with Gasteiger partial charge in [0.05, 0.1) is 11.8 Å². The van der Waals surface area contributed by atoms with Crippen LogP contribution in [0.1, 0.15) is 104 Å². The molecule has 32 heavy (non-hydrogen) atoms. The molecule has 4 rings (SSSR count). The number of hydrogen-bond donors (Lipinski definition) is 0. The molecule has 0 aromatic heterocycles. The van der Waals surface area contributed by atoms with E-state index in [4.69, 9.17) is 0 Å². The quantitative estimate of drug-likeness (QED) is 0.402. The second kappa shape index (κ2) is 10.7. The minimum Gasteiger partial charge on any atom is -0.339 e. The number of carbonyl (C=O) groups is 3. The van der Waals surface area contributed by atoms with Crippen molar-refractivity contribution >= 4 is 17.7 Å². The zero-order valence-electron chi connectivity index (χ0n) is 20.4. The lowest BCUT2D eigenvalue weighted by molar-refractivity contribution is -0.142. The lowest BCUT2D eigenvalue weighted by Gasteiger charge is -2.39. The molecule has 0 spiro atoms. The summed E-state index contributed by atoms with van der Waals surface area (Å²) in [5.41, 5.74) is 0. The second-order valence-electron chi connectivity index (χ2n) is 11.4. The van der Waals surface area contributed by atoms with Crippen molar-refractivity contribution in [3.05, 3.63) is 0 Å². The number of rotatable bonds is 7. The van der Waals surface area contributed by atoms with Gasteiger partial charge in [-0.25, -0.2) is 0 Å². The van der Waals surface area contributed by atoms with E-state index in [9.17, 15) is 14.4 Å². The molecular formula is C27H44N2O3. The summed E-state index contributed by atoms with van der Waals surface area (Å²) < 4.78 is 0. The molecule has 1 saturated heterocycles. The van der Waals surface area contributed by atoms with Gasteiger partial charge >= 0.3 is 0 Å². The fourth-order valence-corrected chi connectivity index (χ4v) is 6.92. The Kier molecular flexibility index (Phi) is 7.94. The van der Waals surface area contributed by atoms with Gasteiger partial charge in [-0.15, -0.1) is 0 Å². The van der Waals surface area contributed by atoms with Gasteiger partial charge in [-0.05, 0) is 76.0 Å². The Labute approximate surface area is 194 Å². The van der Waals surface area contributed by atoms with Crippen LogP contribution in [-0.4, -0.2) is 46.7 Å². The molecule has 1 heterocycles. The first-order chi connectivity index (χ1) is 15.5. The van der Waals surface area contributed by atoms with E-state index in [0.29, 0.717) is 24.4 Å². The minimum atomic E-state index is -0.0492. The summed E-state index contributed by atoms with van der Waals surface area (Å²) in [7, 11) is 0. The Morgan fingerprint density at radius 3 is 2.09 bits per heavy atom. The summed E-state index contributed by atoms with van der Waals surface area (Å²) in [5.74, 6) is 2.06. The fraction of sp³-hybridized carbons (Fsp3) is 0.889. The topological polar surface area (TPSA) is 57.7 Å². The number of amides is 3. The van der Waals surface area contributed by atoms with E-state index in [1.807, 2.05) is 0 Å². The number of fused-ring (bicyclic) bond motifs is 1. The molecule has 1 aliphatic heterocycles. The van der Waals surface area contributed by atoms with E-state index >= 15 is 0 Å². The van der Waals surface area contributed by atoms with Gasteiger partial charge in [0.1, 0.15) is 0 Å². The van der Waals surface area contributed by atoms with Gasteiger partial charge in [-0.1, -0.05) is 39.5 Å². The van der Waals surface area contributed by atoms with Crippen molar-refractivity contribution < 1.29 is 14.4 Å². The lowest BCUT2D eigenvalue weighted by Crippen LogP contribution is -2.46. The Hall–Kier alpha value is -1.39. The van der Waals surface area contributed by atoms with Gasteiger partial charge in [0.15, 0.2) is 0 Å². The van der Waals surface area contributed by atoms with Crippen LogP contribution in [0.5, 0.6) is 0 Å². The second-order valence-corrected chi connectivity index (χ2v) is 11.4. The van der Waals surface area contributed by atoms with E-state index < -0.39 is 0 Å². The van der Waals surface area contributed by atoms with Crippen molar-refractivity contribution in [3.63, 3.8) is 0 Å². The number of imide groups is 1. The van der Waals surface area contributed by atoms with Gasteiger partial charge in [-0.3, -0.25) is 19.3 Å². The molecule has 0 aromatic rings. The third-order valence-electron chi connectivity index (χ3n) is 8.96. The normalized spacial score (nSPS) is 35.6. The van der Waals surface area contributed by atoms with E-state index in [2.05, 4.69) is 18.7 Å². The molecule has 0 aromatic carbocycles. The van der Waals surface area contributed by atoms with Crippen molar-refractivity contribution in [1.29, 1.82) is 0 Å². The minimum absolute atomic E-state index is 0.0492. The summed E-state index contributed by atoms with van der Waals surface area (Å²) >= 11 is 0. The van der Waals surface area contributed by atoms with Crippen LogP contribution in [0.4, 0.5) is 0 Å². The molecule has 5 heteroatoms. The Balaban J connectivity index is 1.32. The third-order valence-corrected chi connectivity index (χ3v) is 8.96. The molecule has 3 saturated carbocycles. The van der Waals surface area contributed by atoms with Gasteiger partial charge in [0.25, 0.3) is 0 Å². The molecule has 5 nitrogen and oxygen atoms in total. The van der Waals surface area contributed by atoms with E-state index in [1.165, 1.54) is 25.7 Å². The summed E-state index contributed by atoms with van der Waals surface area (Å²) in [5, 5.41) is 0. The molecule has 3 aliphatic carbocycles. The first kappa shape index (κ1) is 23.8. The molecule has 180 valence electrons. The van der Waals surface area contributed by atoms with Crippen LogP contribution in [0.15, 0.2) is 0 Å². The van der Waals surface area contributed by atoms with Gasteiger partial charge < -0.3 is 4.90 Å². The number of hydrogen-bond acceptors (Lipinski definition) is 3. The summed E-state index contributed by atoms with van der Waals surface area (Å²) in [6.45, 7) is 5.93. The van der Waals surface area contributed by atoms with E-state index in [0.717, 1.165) is 76.7 Å². The largest absolute Gasteiger partial charge is 0.339 e. The van der Waals surface area contributed by atoms with E-state index in [1.54, 1.807) is 4.90 Å². The Morgan fingerprint density at radius 1 is 0.812 bits per heavy atom. The van der Waals surface area contributed by atoms with Crippen LogP contribution in [0.3, 0.4) is 0 Å². The maximum absolute atomic E-state index is 13.6. The van der Waals surface area contributed by atoms with Crippen LogP contribution in [0.25, 0.3) is 0 Å². The highest BCUT2D eigenvalue weighted by Gasteiger charge is 2.47. The van der Waals surface area contributed by atoms with Gasteiger partial charge in [0.2, 0.25) is 17.7 Å². The van der Waals surface area contributed by atoms with Crippen LogP contribution in [0.2, 0.25) is 0 Å². The van der Waals surface area contributed by atoms with Crippen LogP contribution in [0, 0.1) is 29.6 Å². The predicted molar refractivity (Wildman–Crippen MR) is 126 cm³/mol. The molecule has 0 N–H and O–H groups in total. The van der Waals surface area contributed by atoms with Crippen LogP contribution >= 0.6 is 0 Å². The highest BCUT2D eigenvalue weighted by molar-refractivity contribution is 6.05. The zero-order chi connectivity index (χ0) is 22.7. The first-order valence-corrected chi connectivity index (χ1v) is 13.6. The highest BCUT2D eigenvalue weighted by atomic mass is 16.2. The smallest absolute Gasteiger partial charge is 0.233 e. The van der Waals surface area contributed by atoms with Crippen molar-refractivity contribution in [1.82, 2.24) is 9.80 Å². The first-order valence-electron chi connectivity index (χ1n) is 13.6. The van der Waals surface area contributed by atoms with Crippen LogP contribution < -0.4 is 0 Å². The maximum atomic E-state index is 13.6. The lowest BCUT2D eigenvalue weighted by atomic mass is 9.80. The molecule has 3 amide bonds. The molecule has 0 radical (unpaired) electrons. The standard InChI is InChI=1S/C27H44N2O3/c1-19-12-14-22(15-13-19)28(25(30)21-9-7-8-20(2)18-21)16-5-6-17-29-26(31)23-10-3-4-11-24(23)27(29)32/h19-24H,3-18H2,1-2H3. The molecule has 4 fully saturated rings. The third kappa shape index (κ3) is 5.22. The highest BCUT2D eigenvalue weighted by Crippen LogP contribution is 2.38. The predicted octanol–water partition coefficient (Wildman–Crippen LogP) is 5.18. The zero-order valence-corrected chi connectivity index (χ0v) is 20.4. The molecule has 4 atom stereocenters. The van der Waals surface area contributed by atoms with Crippen molar-refractivity contribution in [2.24, 2.45) is 29.6 Å². The maximum Gasteiger partial charge on any atom is 0.233 e. The molecule has 4 aliphatic rings. The Morgan fingerprint density at radius 2 is 1.47 bits per heavy atom. The van der Waals surface area contributed by atoms with Gasteiger partial charge in [-0.2, -0.15) is 0 Å². The number of nitrogens with zero attached hydrogens (tertiary/aromatic N) is 2. The fourth-order valence-electron chi connectivity index (χ4n) is 6.92. The van der Waals surface area contributed by atoms with Gasteiger partial charge in [0, 0.05) is 25.0 Å². The summed E-state index contributed by atoms with van der Waals surface area (Å²) in [4.78, 5) is 42.8. The average molecular weight is 445 g/mol. The number of likely N-dealkylation sites (tertiary alicyclic amines) is 1. The van der Waals surface area contributed by atoms with Crippen molar-refractivity contribution in [2.45, 2.75) is 110 Å². The number of carbonyl (C=O) groups excluding carboxylic acids is 3. The van der Waals surface area contributed by atoms with Crippen molar-refractivity contribution in [3.8, 4) is 0 Å². The molecule has 4 unspecified atom stereocenters. The molecule has 0 bridgehead atoms. The van der Waals surface area contributed by atoms with Crippen molar-refractivity contribution in [2.75, 3.05) is 13.1 Å². The number of unbranched alkanes of at least 4 members (excludes halogenated alkanes) is 1. The Bertz CT molecular complexity index is 660. The van der Waals surface area contributed by atoms with E-state index in [-0.39, 0.29) is 29.6 Å². The summed E-state index contributed by atoms with van der Waals surface area (Å²) in [6, 6.07) is 0.383.